The molecule has 0 unspecified atom stereocenters. The van der Waals surface area contributed by atoms with Crippen LogP contribution in [0.15, 0.2) is 116 Å². The van der Waals surface area contributed by atoms with Gasteiger partial charge < -0.3 is 19.7 Å². The minimum atomic E-state index is -1.02. The zero-order chi connectivity index (χ0) is 44.0. The van der Waals surface area contributed by atoms with Gasteiger partial charge in [0.25, 0.3) is 0 Å². The fourth-order valence-corrected chi connectivity index (χ4v) is 8.03. The van der Waals surface area contributed by atoms with Crippen LogP contribution in [0.4, 0.5) is 14.9 Å². The molecular weight excluding hydrogens is 790 g/mol. The quantitative estimate of drug-likeness (QED) is 0.0761. The first-order valence-electron chi connectivity index (χ1n) is 20.8. The van der Waals surface area contributed by atoms with E-state index in [4.69, 9.17) is 9.47 Å². The molecule has 12 nitrogen and oxygen atoms in total. The summed E-state index contributed by atoms with van der Waals surface area (Å²) in [5.41, 5.74) is 6.25. The van der Waals surface area contributed by atoms with E-state index in [0.717, 1.165) is 22.3 Å². The molecule has 3 amide bonds. The normalized spacial score (nSPS) is 15.5. The Balaban J connectivity index is 1.04. The van der Waals surface area contributed by atoms with Crippen molar-refractivity contribution in [2.24, 2.45) is 0 Å². The Morgan fingerprint density at radius 1 is 0.855 bits per heavy atom. The van der Waals surface area contributed by atoms with Gasteiger partial charge in [0.05, 0.1) is 18.6 Å². The molecule has 0 saturated carbocycles. The molecular formula is C49H50FN5O7. The molecule has 62 heavy (non-hydrogen) atoms. The maximum absolute atomic E-state index is 14.6. The van der Waals surface area contributed by atoms with E-state index >= 15 is 0 Å². The fraction of sp³-hybridized carbons (Fsp3) is 0.306. The zero-order valence-electron chi connectivity index (χ0n) is 35.2. The Hall–Kier alpha value is -6.73. The summed E-state index contributed by atoms with van der Waals surface area (Å²) in [6.45, 7) is 7.21. The molecule has 320 valence electrons. The highest BCUT2D eigenvalue weighted by molar-refractivity contribution is 6.08. The van der Waals surface area contributed by atoms with Crippen LogP contribution in [0.3, 0.4) is 0 Å². The molecule has 1 aliphatic heterocycles. The van der Waals surface area contributed by atoms with Crippen LogP contribution in [-0.2, 0) is 30.3 Å². The second-order valence-corrected chi connectivity index (χ2v) is 16.6. The van der Waals surface area contributed by atoms with Crippen LogP contribution in [-0.4, -0.2) is 76.9 Å². The first-order chi connectivity index (χ1) is 29.7. The SMILES string of the molecule is C[C@H](NCC(=O)OC(C)(C)C)C(=O)N[C@@H](Cc1ccc(NC(=O)OCC2c3ccccc3-c3ccccc32)cc1)C(=O)N1CCC[C@H]1c1cncc(C(=O)c2ccc(F)cc2)c1. The van der Waals surface area contributed by atoms with E-state index in [0.29, 0.717) is 47.3 Å². The fourth-order valence-electron chi connectivity index (χ4n) is 8.03. The Bertz CT molecular complexity index is 2410. The number of likely N-dealkylation sites (tertiary alicyclic amines) is 1. The number of nitrogens with one attached hydrogen (secondary N) is 3. The van der Waals surface area contributed by atoms with Crippen molar-refractivity contribution in [2.45, 2.75) is 76.6 Å². The van der Waals surface area contributed by atoms with E-state index in [-0.39, 0.29) is 37.2 Å². The molecule has 1 aromatic heterocycles. The van der Waals surface area contributed by atoms with Crippen molar-refractivity contribution in [1.82, 2.24) is 20.5 Å². The highest BCUT2D eigenvalue weighted by atomic mass is 19.1. The van der Waals surface area contributed by atoms with E-state index in [1.807, 2.05) is 24.3 Å². The van der Waals surface area contributed by atoms with E-state index < -0.39 is 47.5 Å². The molecule has 1 saturated heterocycles. The van der Waals surface area contributed by atoms with Crippen LogP contribution in [0.25, 0.3) is 11.1 Å². The third kappa shape index (κ3) is 10.4. The summed E-state index contributed by atoms with van der Waals surface area (Å²) in [7, 11) is 0. The number of ether oxygens (including phenoxy) is 2. The second kappa shape index (κ2) is 18.9. The lowest BCUT2D eigenvalue weighted by atomic mass is 9.98. The van der Waals surface area contributed by atoms with Gasteiger partial charge in [-0.15, -0.1) is 0 Å². The van der Waals surface area contributed by atoms with Crippen molar-refractivity contribution >= 4 is 35.3 Å². The van der Waals surface area contributed by atoms with Gasteiger partial charge in [-0.05, 0) is 116 Å². The molecule has 1 aliphatic carbocycles. The number of fused-ring (bicyclic) bond motifs is 3. The average Bonchev–Trinajstić information content (AvgIpc) is 3.88. The third-order valence-corrected chi connectivity index (χ3v) is 11.0. The molecule has 0 radical (unpaired) electrons. The standard InChI is InChI=1S/C49H50FN5O7/c1-30(52-28-44(56)62-49(2,3)4)46(58)54-42(47(59)55-23-9-14-43(55)33-25-34(27-51-26-33)45(57)32-17-19-35(50)20-18-32)24-31-15-21-36(22-16-31)53-48(60)61-29-41-39-12-7-5-10-37(39)38-11-6-8-13-40(38)41/h5-8,10-13,15-22,25-27,30,41-43,52H,9,14,23-24,28-29H2,1-4H3,(H,53,60)(H,54,58)/t30-,42-,43-/m0/s1. The van der Waals surface area contributed by atoms with Crippen LogP contribution in [0.2, 0.25) is 0 Å². The van der Waals surface area contributed by atoms with Crippen molar-refractivity contribution in [1.29, 1.82) is 0 Å². The number of esters is 1. The molecule has 2 heterocycles. The van der Waals surface area contributed by atoms with Gasteiger partial charge in [0.2, 0.25) is 11.8 Å². The predicted molar refractivity (Wildman–Crippen MR) is 232 cm³/mol. The van der Waals surface area contributed by atoms with E-state index in [2.05, 4.69) is 45.2 Å². The minimum Gasteiger partial charge on any atom is -0.459 e. The monoisotopic (exact) mass is 839 g/mol. The molecule has 7 rings (SSSR count). The largest absolute Gasteiger partial charge is 0.459 e. The zero-order valence-corrected chi connectivity index (χ0v) is 35.2. The number of ketones is 1. The first kappa shape index (κ1) is 43.4. The van der Waals surface area contributed by atoms with Crippen molar-refractivity contribution in [3.8, 4) is 11.1 Å². The summed E-state index contributed by atoms with van der Waals surface area (Å²) in [6.07, 6.45) is 3.85. The number of pyridine rings is 1. The summed E-state index contributed by atoms with van der Waals surface area (Å²) < 4.78 is 24.7. The summed E-state index contributed by atoms with van der Waals surface area (Å²) in [5.74, 6) is -2.23. The van der Waals surface area contributed by atoms with E-state index in [1.54, 1.807) is 69.1 Å². The van der Waals surface area contributed by atoms with Crippen LogP contribution >= 0.6 is 0 Å². The average molecular weight is 840 g/mol. The Labute approximate surface area is 360 Å². The molecule has 0 bridgehead atoms. The Morgan fingerprint density at radius 2 is 1.52 bits per heavy atom. The number of aromatic nitrogens is 1. The highest BCUT2D eigenvalue weighted by Gasteiger charge is 2.36. The van der Waals surface area contributed by atoms with Gasteiger partial charge in [0.1, 0.15) is 24.1 Å². The molecule has 0 spiro atoms. The molecule has 13 heteroatoms. The number of benzene rings is 4. The van der Waals surface area contributed by atoms with Crippen molar-refractivity contribution in [2.75, 3.05) is 25.0 Å². The predicted octanol–water partition coefficient (Wildman–Crippen LogP) is 7.52. The van der Waals surface area contributed by atoms with Gasteiger partial charge in [0.15, 0.2) is 5.78 Å². The van der Waals surface area contributed by atoms with Crippen LogP contribution in [0.1, 0.15) is 90.7 Å². The van der Waals surface area contributed by atoms with Crippen LogP contribution < -0.4 is 16.0 Å². The number of hydrogen-bond acceptors (Lipinski definition) is 9. The highest BCUT2D eigenvalue weighted by Crippen LogP contribution is 2.44. The molecule has 3 atom stereocenters. The number of anilines is 1. The third-order valence-electron chi connectivity index (χ3n) is 11.0. The number of hydrogen-bond donors (Lipinski definition) is 3. The number of rotatable bonds is 14. The van der Waals surface area contributed by atoms with Crippen molar-refractivity contribution in [3.63, 3.8) is 0 Å². The lowest BCUT2D eigenvalue weighted by molar-refractivity contribution is -0.153. The first-order valence-corrected chi connectivity index (χ1v) is 20.8. The second-order valence-electron chi connectivity index (χ2n) is 16.6. The Morgan fingerprint density at radius 3 is 2.18 bits per heavy atom. The van der Waals surface area contributed by atoms with Crippen molar-refractivity contribution in [3.05, 3.63) is 155 Å². The number of carbonyl (C=O) groups is 5. The van der Waals surface area contributed by atoms with Gasteiger partial charge in [-0.1, -0.05) is 60.7 Å². The van der Waals surface area contributed by atoms with E-state index in [1.165, 1.54) is 30.5 Å². The van der Waals surface area contributed by atoms with Gasteiger partial charge >= 0.3 is 12.1 Å². The van der Waals surface area contributed by atoms with E-state index in [9.17, 15) is 28.4 Å². The summed E-state index contributed by atoms with van der Waals surface area (Å²) >= 11 is 0. The maximum Gasteiger partial charge on any atom is 0.411 e. The van der Waals surface area contributed by atoms with Gasteiger partial charge in [-0.2, -0.15) is 0 Å². The number of halogens is 1. The minimum absolute atomic E-state index is 0.0882. The Kier molecular flexibility index (Phi) is 13.2. The topological polar surface area (TPSA) is 156 Å². The lowest BCUT2D eigenvalue weighted by Crippen LogP contribution is -2.54. The van der Waals surface area contributed by atoms with Crippen LogP contribution in [0.5, 0.6) is 0 Å². The molecule has 3 N–H and O–H groups in total. The van der Waals surface area contributed by atoms with Crippen molar-refractivity contribution < 1.29 is 37.8 Å². The van der Waals surface area contributed by atoms with Gasteiger partial charge in [-0.3, -0.25) is 34.8 Å². The van der Waals surface area contributed by atoms with Gasteiger partial charge in [0, 0.05) is 48.1 Å². The summed E-state index contributed by atoms with van der Waals surface area (Å²) in [4.78, 5) is 72.9. The molecule has 4 aromatic carbocycles. The van der Waals surface area contributed by atoms with Gasteiger partial charge in [-0.25, -0.2) is 9.18 Å². The molecule has 2 aliphatic rings. The number of amides is 3. The summed E-state index contributed by atoms with van der Waals surface area (Å²) in [5, 5.41) is 8.60. The smallest absolute Gasteiger partial charge is 0.411 e. The van der Waals surface area contributed by atoms with Crippen LogP contribution in [0, 0.1) is 5.82 Å². The number of nitrogens with zero attached hydrogens (tertiary/aromatic N) is 2. The number of carbonyl (C=O) groups excluding carboxylic acids is 5. The molecule has 1 fully saturated rings. The summed E-state index contributed by atoms with van der Waals surface area (Å²) in [6, 6.07) is 27.8. The lowest BCUT2D eigenvalue weighted by Gasteiger charge is -2.30. The molecule has 5 aromatic rings. The maximum atomic E-state index is 14.6.